The molecule has 0 aromatic heterocycles. The third kappa shape index (κ3) is 6.12. The van der Waals surface area contributed by atoms with Gasteiger partial charge in [0, 0.05) is 0 Å². The van der Waals surface area contributed by atoms with Crippen LogP contribution < -0.4 is 51.4 Å². The fourth-order valence-electron chi connectivity index (χ4n) is 9.45. The van der Waals surface area contributed by atoms with Crippen LogP contribution in [0.4, 0.5) is 0 Å². The normalized spacial score (nSPS) is 45.1. The van der Waals surface area contributed by atoms with Gasteiger partial charge in [0.2, 0.25) is 10.4 Å². The zero-order chi connectivity index (χ0) is 25.1. The molecule has 6 nitrogen and oxygen atoms in total. The number of fused-ring (bicyclic) bond motifs is 5. The molecule has 6 unspecified atom stereocenters. The van der Waals surface area contributed by atoms with E-state index in [4.69, 9.17) is 4.18 Å². The summed E-state index contributed by atoms with van der Waals surface area (Å²) >= 11 is 0. The molecule has 0 bridgehead atoms. The first kappa shape index (κ1) is 31.0. The maximum absolute atomic E-state index is 11.4. The van der Waals surface area contributed by atoms with E-state index >= 15 is 0 Å². The van der Waals surface area contributed by atoms with E-state index in [-0.39, 0.29) is 80.3 Å². The van der Waals surface area contributed by atoms with E-state index in [0.717, 1.165) is 51.4 Å². The second-order valence-corrected chi connectivity index (χ2v) is 14.3. The minimum atomic E-state index is -4.70. The van der Waals surface area contributed by atoms with Crippen molar-refractivity contribution in [1.29, 1.82) is 0 Å². The average Bonchev–Trinajstić information content (AvgIpc) is 3.08. The molecule has 2 N–H and O–H groups in total. The summed E-state index contributed by atoms with van der Waals surface area (Å²) in [5, 5.41) is 21.7. The first-order valence-corrected chi connectivity index (χ1v) is 15.1. The van der Waals surface area contributed by atoms with Crippen LogP contribution >= 0.6 is 0 Å². The SMILES string of the molecule is CC(C)[C@@H](CC[C@H](C)C1CCC2C3C(CC[C@@]21C)[C@@]1(C)CCC(O)CC1C[C@@H]3O)OS(=O)(=O)[O-].[K+]. The van der Waals surface area contributed by atoms with Gasteiger partial charge in [-0.15, -0.1) is 0 Å². The van der Waals surface area contributed by atoms with Crippen LogP contribution in [0.25, 0.3) is 0 Å². The summed E-state index contributed by atoms with van der Waals surface area (Å²) in [6.45, 7) is 11.0. The molecule has 0 saturated heterocycles. The maximum Gasteiger partial charge on any atom is 1.00 e. The van der Waals surface area contributed by atoms with Crippen molar-refractivity contribution in [2.75, 3.05) is 0 Å². The second kappa shape index (κ2) is 11.5. The van der Waals surface area contributed by atoms with Crippen LogP contribution in [0.3, 0.4) is 0 Å². The van der Waals surface area contributed by atoms with E-state index in [1.165, 1.54) is 6.42 Å². The Balaban J connectivity index is 0.00000342. The van der Waals surface area contributed by atoms with Crippen molar-refractivity contribution in [3.63, 3.8) is 0 Å². The summed E-state index contributed by atoms with van der Waals surface area (Å²) in [5.74, 6) is 2.78. The van der Waals surface area contributed by atoms with Gasteiger partial charge in [-0.2, -0.15) is 0 Å². The molecule has 0 spiro atoms. The van der Waals surface area contributed by atoms with Crippen LogP contribution in [-0.4, -0.2) is 41.5 Å². The van der Waals surface area contributed by atoms with E-state index in [0.29, 0.717) is 41.9 Å². The molecule has 0 heterocycles. The summed E-state index contributed by atoms with van der Waals surface area (Å²) in [6.07, 6.45) is 8.69. The first-order chi connectivity index (χ1) is 15.8. The van der Waals surface area contributed by atoms with Gasteiger partial charge in [0.15, 0.2) is 0 Å². The molecule has 198 valence electrons. The minimum absolute atomic E-state index is 0. The molecule has 0 aromatic carbocycles. The number of aliphatic hydroxyl groups is 2. The smallest absolute Gasteiger partial charge is 0.726 e. The molecule has 4 rings (SSSR count). The van der Waals surface area contributed by atoms with Gasteiger partial charge in [0.1, 0.15) is 0 Å². The molecule has 0 amide bonds. The summed E-state index contributed by atoms with van der Waals surface area (Å²) in [7, 11) is -4.70. The van der Waals surface area contributed by atoms with Gasteiger partial charge in [-0.3, -0.25) is 4.18 Å². The van der Waals surface area contributed by atoms with Crippen molar-refractivity contribution in [2.24, 2.45) is 52.3 Å². The van der Waals surface area contributed by atoms with Crippen molar-refractivity contribution in [2.45, 2.75) is 117 Å². The number of hydrogen-bond acceptors (Lipinski definition) is 6. The van der Waals surface area contributed by atoms with Gasteiger partial charge in [-0.1, -0.05) is 34.6 Å². The average molecular weight is 539 g/mol. The van der Waals surface area contributed by atoms with E-state index in [2.05, 4.69) is 20.8 Å². The Labute approximate surface area is 256 Å². The van der Waals surface area contributed by atoms with Crippen LogP contribution in [0.1, 0.15) is 98.8 Å². The number of hydrogen-bond donors (Lipinski definition) is 2. The molecule has 4 fully saturated rings. The molecule has 0 radical (unpaired) electrons. The third-order valence-corrected chi connectivity index (χ3v) is 11.8. The molecule has 4 aliphatic carbocycles. The Bertz CT molecular complexity index is 836. The Kier molecular flexibility index (Phi) is 10.2. The standard InChI is InChI=1S/C27H48O6S.K/c1-16(2)24(33-34(30,31)32)9-6-17(3)20-7-8-21-25-22(11-13-27(20,21)5)26(4)12-10-19(28)14-18(26)15-23(25)29;/h16-25,28-29H,6-15H2,1-5H3,(H,30,31,32);/q;+1/p-1/t17-,18?,19?,20?,21?,22?,23-,24+,25?,26-,27+;/m0./s1. The zero-order valence-electron chi connectivity index (χ0n) is 22.8. The van der Waals surface area contributed by atoms with Gasteiger partial charge in [0.05, 0.1) is 18.3 Å². The van der Waals surface area contributed by atoms with Crippen LogP contribution in [0, 0.1) is 52.3 Å². The van der Waals surface area contributed by atoms with Crippen LogP contribution in [0.2, 0.25) is 0 Å². The molecule has 35 heavy (non-hydrogen) atoms. The fourth-order valence-corrected chi connectivity index (χ4v) is 10.1. The Morgan fingerprint density at radius 2 is 1.57 bits per heavy atom. The van der Waals surface area contributed by atoms with Crippen molar-refractivity contribution < 1.29 is 78.8 Å². The van der Waals surface area contributed by atoms with Crippen molar-refractivity contribution in [3.8, 4) is 0 Å². The summed E-state index contributed by atoms with van der Waals surface area (Å²) in [5.41, 5.74) is 0.428. The predicted octanol–water partition coefficient (Wildman–Crippen LogP) is 1.90. The molecule has 0 aliphatic heterocycles. The molecule has 0 aromatic rings. The van der Waals surface area contributed by atoms with Gasteiger partial charge >= 0.3 is 51.4 Å². The maximum atomic E-state index is 11.4. The largest absolute Gasteiger partial charge is 1.00 e. The van der Waals surface area contributed by atoms with Crippen LogP contribution in [0.15, 0.2) is 0 Å². The monoisotopic (exact) mass is 538 g/mol. The van der Waals surface area contributed by atoms with Crippen molar-refractivity contribution >= 4 is 10.4 Å². The molecular formula is C27H47KO6S. The predicted molar refractivity (Wildman–Crippen MR) is 130 cm³/mol. The summed E-state index contributed by atoms with van der Waals surface area (Å²) in [4.78, 5) is 0. The van der Waals surface area contributed by atoms with Gasteiger partial charge < -0.3 is 14.8 Å². The Morgan fingerprint density at radius 1 is 0.943 bits per heavy atom. The molecule has 4 aliphatic rings. The van der Waals surface area contributed by atoms with E-state index in [1.54, 1.807) is 0 Å². The van der Waals surface area contributed by atoms with Gasteiger partial charge in [0.25, 0.3) is 0 Å². The molecule has 11 atom stereocenters. The minimum Gasteiger partial charge on any atom is -0.726 e. The number of aliphatic hydroxyl groups excluding tert-OH is 2. The first-order valence-electron chi connectivity index (χ1n) is 13.8. The van der Waals surface area contributed by atoms with E-state index < -0.39 is 16.5 Å². The molecule has 8 heteroatoms. The second-order valence-electron chi connectivity index (χ2n) is 13.3. The number of rotatable bonds is 7. The van der Waals surface area contributed by atoms with E-state index in [9.17, 15) is 23.2 Å². The van der Waals surface area contributed by atoms with Crippen LogP contribution in [-0.2, 0) is 14.6 Å². The summed E-state index contributed by atoms with van der Waals surface area (Å²) < 4.78 is 38.4. The fraction of sp³-hybridized carbons (Fsp3) is 1.00. The van der Waals surface area contributed by atoms with E-state index in [1.807, 2.05) is 13.8 Å². The van der Waals surface area contributed by atoms with Gasteiger partial charge in [-0.25, -0.2) is 8.42 Å². The topological polar surface area (TPSA) is 107 Å². The van der Waals surface area contributed by atoms with Crippen molar-refractivity contribution in [1.82, 2.24) is 0 Å². The third-order valence-electron chi connectivity index (χ3n) is 11.3. The molecular weight excluding hydrogens is 491 g/mol. The quantitative estimate of drug-likeness (QED) is 0.291. The van der Waals surface area contributed by atoms with Crippen molar-refractivity contribution in [3.05, 3.63) is 0 Å². The Hall–Kier alpha value is 1.43. The zero-order valence-corrected chi connectivity index (χ0v) is 26.7. The van der Waals surface area contributed by atoms with Crippen LogP contribution in [0.5, 0.6) is 0 Å². The summed E-state index contributed by atoms with van der Waals surface area (Å²) in [6, 6.07) is 0. The Morgan fingerprint density at radius 3 is 2.20 bits per heavy atom. The molecule has 4 saturated carbocycles. The van der Waals surface area contributed by atoms with Gasteiger partial charge in [-0.05, 0) is 116 Å².